The van der Waals surface area contributed by atoms with Crippen LogP contribution in [0.2, 0.25) is 0 Å². The summed E-state index contributed by atoms with van der Waals surface area (Å²) < 4.78 is 0. The summed E-state index contributed by atoms with van der Waals surface area (Å²) >= 11 is 0. The molecule has 3 rings (SSSR count). The van der Waals surface area contributed by atoms with Gasteiger partial charge in [0.15, 0.2) is 0 Å². The van der Waals surface area contributed by atoms with Crippen LogP contribution in [0.4, 0.5) is 0 Å². The van der Waals surface area contributed by atoms with Gasteiger partial charge < -0.3 is 5.32 Å². The summed E-state index contributed by atoms with van der Waals surface area (Å²) in [6.45, 7) is 1.31. The van der Waals surface area contributed by atoms with Crippen molar-refractivity contribution in [1.29, 1.82) is 0 Å². The minimum Gasteiger partial charge on any atom is -0.313 e. The molecule has 0 aromatic carbocycles. The van der Waals surface area contributed by atoms with E-state index in [0.29, 0.717) is 0 Å². The lowest BCUT2D eigenvalue weighted by molar-refractivity contribution is -0.0440. The molecule has 2 saturated carbocycles. The maximum atomic E-state index is 3.59. The van der Waals surface area contributed by atoms with E-state index in [9.17, 15) is 0 Å². The Bertz CT molecular complexity index is 128. The van der Waals surface area contributed by atoms with Gasteiger partial charge in [0.05, 0.1) is 0 Å². The molecular weight excluding hydrogens is 110 g/mol. The van der Waals surface area contributed by atoms with Gasteiger partial charge in [-0.15, -0.1) is 0 Å². The first kappa shape index (κ1) is 4.73. The average molecular weight is 123 g/mol. The van der Waals surface area contributed by atoms with Gasteiger partial charge in [-0.05, 0) is 43.6 Å². The van der Waals surface area contributed by atoms with E-state index >= 15 is 0 Å². The van der Waals surface area contributed by atoms with Crippen LogP contribution < -0.4 is 5.32 Å². The van der Waals surface area contributed by atoms with Crippen molar-refractivity contribution in [2.24, 2.45) is 17.8 Å². The fourth-order valence-corrected chi connectivity index (χ4v) is 3.08. The Morgan fingerprint density at radius 2 is 1.67 bits per heavy atom. The van der Waals surface area contributed by atoms with Crippen LogP contribution in [0.15, 0.2) is 0 Å². The third-order valence-electron chi connectivity index (χ3n) is 3.71. The van der Waals surface area contributed by atoms with Gasteiger partial charge >= 0.3 is 0 Å². The highest BCUT2D eigenvalue weighted by atomic mass is 15.0. The van der Waals surface area contributed by atoms with Gasteiger partial charge in [-0.25, -0.2) is 0 Å². The molecule has 3 aliphatic rings. The first-order valence-corrected chi connectivity index (χ1v) is 4.20. The minimum atomic E-state index is 0.976. The Hall–Kier alpha value is -0.0400. The van der Waals surface area contributed by atoms with Crippen molar-refractivity contribution < 1.29 is 0 Å². The van der Waals surface area contributed by atoms with E-state index in [1.165, 1.54) is 25.3 Å². The average Bonchev–Trinajstić information content (AvgIpc) is 2.13. The van der Waals surface area contributed by atoms with Crippen molar-refractivity contribution in [2.45, 2.75) is 25.3 Å². The van der Waals surface area contributed by atoms with Crippen LogP contribution in [-0.4, -0.2) is 12.6 Å². The highest BCUT2D eigenvalue weighted by molar-refractivity contribution is 5.09. The Balaban J connectivity index is 1.85. The summed E-state index contributed by atoms with van der Waals surface area (Å²) in [5.41, 5.74) is 0. The molecular formula is C8H13N. The molecule has 1 heterocycles. The summed E-state index contributed by atoms with van der Waals surface area (Å²) in [6, 6.07) is 0.976. The molecule has 0 amide bonds. The van der Waals surface area contributed by atoms with E-state index in [0.717, 1.165) is 17.9 Å². The van der Waals surface area contributed by atoms with E-state index in [-0.39, 0.29) is 0 Å². The summed E-state index contributed by atoms with van der Waals surface area (Å²) in [6.07, 6.45) is 4.55. The van der Waals surface area contributed by atoms with E-state index in [4.69, 9.17) is 0 Å². The third-order valence-corrected chi connectivity index (χ3v) is 3.71. The lowest BCUT2D eigenvalue weighted by Gasteiger charge is -2.56. The predicted molar refractivity (Wildman–Crippen MR) is 36.1 cm³/mol. The van der Waals surface area contributed by atoms with Crippen molar-refractivity contribution in [3.8, 4) is 0 Å². The van der Waals surface area contributed by atoms with Crippen LogP contribution in [0.1, 0.15) is 19.3 Å². The fourth-order valence-electron chi connectivity index (χ4n) is 3.08. The van der Waals surface area contributed by atoms with Gasteiger partial charge in [-0.1, -0.05) is 0 Å². The van der Waals surface area contributed by atoms with Crippen molar-refractivity contribution in [3.05, 3.63) is 0 Å². The van der Waals surface area contributed by atoms with Crippen molar-refractivity contribution in [1.82, 2.24) is 5.32 Å². The molecule has 0 aromatic heterocycles. The Morgan fingerprint density at radius 1 is 0.889 bits per heavy atom. The molecule has 1 heteroatoms. The Kier molecular flexibility index (Phi) is 0.704. The summed E-state index contributed by atoms with van der Waals surface area (Å²) in [7, 11) is 0. The zero-order valence-corrected chi connectivity index (χ0v) is 5.64. The monoisotopic (exact) mass is 123 g/mol. The molecule has 1 N–H and O–H groups in total. The van der Waals surface area contributed by atoms with Crippen molar-refractivity contribution >= 4 is 0 Å². The Morgan fingerprint density at radius 3 is 2.33 bits per heavy atom. The van der Waals surface area contributed by atoms with Crippen LogP contribution in [0.25, 0.3) is 0 Å². The van der Waals surface area contributed by atoms with Crippen LogP contribution in [0.3, 0.4) is 0 Å². The normalized spacial score (nSPS) is 61.3. The molecule has 3 fully saturated rings. The molecule has 0 radical (unpaired) electrons. The Labute approximate surface area is 55.8 Å². The maximum absolute atomic E-state index is 3.59. The van der Waals surface area contributed by atoms with Gasteiger partial charge in [-0.3, -0.25) is 0 Å². The SMILES string of the molecule is C1CC2C3CCC3C2N1. The van der Waals surface area contributed by atoms with Crippen LogP contribution in [0.5, 0.6) is 0 Å². The number of nitrogens with one attached hydrogen (secondary N) is 1. The summed E-state index contributed by atoms with van der Waals surface area (Å²) in [4.78, 5) is 0. The standard InChI is InChI=1S/C8H13N/c1-2-6-5(1)7-3-4-9-8(6)7/h5-9H,1-4H2. The van der Waals surface area contributed by atoms with Crippen molar-refractivity contribution in [3.63, 3.8) is 0 Å². The number of rotatable bonds is 0. The van der Waals surface area contributed by atoms with Gasteiger partial charge in [-0.2, -0.15) is 0 Å². The molecule has 4 unspecified atom stereocenters. The van der Waals surface area contributed by atoms with Crippen LogP contribution in [0, 0.1) is 17.8 Å². The predicted octanol–water partition coefficient (Wildman–Crippen LogP) is 1.00. The largest absolute Gasteiger partial charge is 0.313 e. The van der Waals surface area contributed by atoms with Gasteiger partial charge in [0.25, 0.3) is 0 Å². The van der Waals surface area contributed by atoms with E-state index in [1.54, 1.807) is 6.42 Å². The molecule has 2 aliphatic carbocycles. The summed E-state index contributed by atoms with van der Waals surface area (Å²) in [5.74, 6) is 3.41. The van der Waals surface area contributed by atoms with Gasteiger partial charge in [0.2, 0.25) is 0 Å². The first-order valence-electron chi connectivity index (χ1n) is 4.20. The maximum Gasteiger partial charge on any atom is 0.0130 e. The quantitative estimate of drug-likeness (QED) is 0.507. The molecule has 9 heavy (non-hydrogen) atoms. The third kappa shape index (κ3) is 0.389. The van der Waals surface area contributed by atoms with E-state index in [2.05, 4.69) is 5.32 Å². The van der Waals surface area contributed by atoms with Gasteiger partial charge in [0, 0.05) is 6.04 Å². The van der Waals surface area contributed by atoms with Crippen molar-refractivity contribution in [2.75, 3.05) is 6.54 Å². The first-order chi connectivity index (χ1) is 4.47. The lowest BCUT2D eigenvalue weighted by atomic mass is 9.50. The van der Waals surface area contributed by atoms with E-state index in [1.807, 2.05) is 0 Å². The fraction of sp³-hybridized carbons (Fsp3) is 1.00. The number of hydrogen-bond acceptors (Lipinski definition) is 1. The molecule has 1 aliphatic heterocycles. The van der Waals surface area contributed by atoms with E-state index < -0.39 is 0 Å². The highest BCUT2D eigenvalue weighted by Crippen LogP contribution is 2.57. The lowest BCUT2D eigenvalue weighted by Crippen LogP contribution is -2.58. The second kappa shape index (κ2) is 1.34. The molecule has 50 valence electrons. The van der Waals surface area contributed by atoms with Crippen LogP contribution in [-0.2, 0) is 0 Å². The highest BCUT2D eigenvalue weighted by Gasteiger charge is 2.56. The molecule has 1 saturated heterocycles. The smallest absolute Gasteiger partial charge is 0.0130 e. The molecule has 0 bridgehead atoms. The zero-order valence-electron chi connectivity index (χ0n) is 5.64. The summed E-state index contributed by atoms with van der Waals surface area (Å²) in [5, 5.41) is 3.59. The second-order valence-electron chi connectivity index (χ2n) is 3.84. The second-order valence-corrected chi connectivity index (χ2v) is 3.84. The topological polar surface area (TPSA) is 12.0 Å². The minimum absolute atomic E-state index is 0.976. The van der Waals surface area contributed by atoms with Gasteiger partial charge in [0.1, 0.15) is 0 Å². The molecule has 1 nitrogen and oxygen atoms in total. The number of fused-ring (bicyclic) bond motifs is 4. The molecule has 0 spiro atoms. The molecule has 0 aromatic rings. The van der Waals surface area contributed by atoms with Crippen LogP contribution >= 0.6 is 0 Å². The zero-order chi connectivity index (χ0) is 5.84. The number of hydrogen-bond donors (Lipinski definition) is 1. The molecule has 4 atom stereocenters.